The van der Waals surface area contributed by atoms with Crippen LogP contribution in [-0.4, -0.2) is 94.5 Å². The van der Waals surface area contributed by atoms with Gasteiger partial charge in [-0.25, -0.2) is 14.4 Å². The van der Waals surface area contributed by atoms with E-state index in [0.29, 0.717) is 32.7 Å². The van der Waals surface area contributed by atoms with Crippen LogP contribution in [0.4, 0.5) is 0 Å². The molecular formula is C90H174O13. The van der Waals surface area contributed by atoms with Gasteiger partial charge in [0.15, 0.2) is 0 Å². The smallest absolute Gasteiger partial charge is 0.334 e. The van der Waals surface area contributed by atoms with Crippen molar-refractivity contribution in [2.75, 3.05) is 19.8 Å². The molecular weight excluding hydrogens is 1290 g/mol. The van der Waals surface area contributed by atoms with Gasteiger partial charge in [-0.3, -0.25) is 9.59 Å². The number of carbonyl (C=O) groups excluding carboxylic acids is 4. The minimum Gasteiger partial charge on any atom is -0.481 e. The Balaban J connectivity index is -0.000000389. The van der Waals surface area contributed by atoms with Crippen molar-refractivity contribution in [2.24, 2.45) is 0 Å². The van der Waals surface area contributed by atoms with Crippen molar-refractivity contribution in [3.63, 3.8) is 0 Å². The molecule has 0 saturated heterocycles. The molecule has 0 aliphatic rings. The van der Waals surface area contributed by atoms with Crippen LogP contribution >= 0.6 is 0 Å². The third-order valence-electron chi connectivity index (χ3n) is 18.1. The molecule has 612 valence electrons. The van der Waals surface area contributed by atoms with E-state index in [2.05, 4.69) is 71.1 Å². The molecule has 0 saturated carbocycles. The number of rotatable bonds is 72. The lowest BCUT2D eigenvalue weighted by molar-refractivity contribution is -0.153. The third kappa shape index (κ3) is 110. The van der Waals surface area contributed by atoms with E-state index in [4.69, 9.17) is 39.4 Å². The Kier molecular flexibility index (Phi) is 101. The maximum Gasteiger partial charge on any atom is 0.334 e. The Bertz CT molecular complexity index is 1770. The number of aliphatic carboxylic acids is 1. The molecule has 0 spiro atoms. The second kappa shape index (κ2) is 96.5. The predicted molar refractivity (Wildman–Crippen MR) is 439 cm³/mol. The number of hydrogen-bond donors (Lipinski definition) is 4. The molecule has 0 fully saturated rings. The minimum absolute atomic E-state index is 0.0143. The summed E-state index contributed by atoms with van der Waals surface area (Å²) in [5.74, 6) is -2.23. The number of hydrogen-bond acceptors (Lipinski definition) is 12. The highest BCUT2D eigenvalue weighted by atomic mass is 16.6. The van der Waals surface area contributed by atoms with E-state index in [-0.39, 0.29) is 12.1 Å². The summed E-state index contributed by atoms with van der Waals surface area (Å²) in [7, 11) is 0. The quantitative estimate of drug-likeness (QED) is 0.0194. The largest absolute Gasteiger partial charge is 0.481 e. The van der Waals surface area contributed by atoms with Gasteiger partial charge in [-0.15, -0.1) is 0 Å². The number of carbonyl (C=O) groups is 5. The van der Waals surface area contributed by atoms with E-state index in [1.54, 1.807) is 0 Å². The van der Waals surface area contributed by atoms with Gasteiger partial charge < -0.3 is 39.4 Å². The lowest BCUT2D eigenvalue weighted by atomic mass is 10.0. The molecule has 4 N–H and O–H groups in total. The highest BCUT2D eigenvalue weighted by Gasteiger charge is 2.12. The first-order valence-corrected chi connectivity index (χ1v) is 43.9. The van der Waals surface area contributed by atoms with Crippen LogP contribution in [-0.2, 0) is 42.9 Å². The fraction of sp³-hybridized carbons (Fsp3) is 0.878. The van der Waals surface area contributed by atoms with Crippen LogP contribution in [0.25, 0.3) is 0 Å². The van der Waals surface area contributed by atoms with Gasteiger partial charge >= 0.3 is 29.8 Å². The monoisotopic (exact) mass is 1460 g/mol. The average molecular weight is 1460 g/mol. The van der Waals surface area contributed by atoms with Crippen LogP contribution < -0.4 is 0 Å². The molecule has 0 bridgehead atoms. The zero-order chi connectivity index (χ0) is 77.2. The summed E-state index contributed by atoms with van der Waals surface area (Å²) in [6.45, 7) is 20.7. The zero-order valence-electron chi connectivity index (χ0n) is 69.7. The molecule has 13 nitrogen and oxygen atoms in total. The van der Waals surface area contributed by atoms with Crippen LogP contribution in [0, 0.1) is 0 Å². The summed E-state index contributed by atoms with van der Waals surface area (Å²) in [5, 5.41) is 35.3. The first-order chi connectivity index (χ1) is 50.0. The van der Waals surface area contributed by atoms with Gasteiger partial charge in [0.1, 0.15) is 18.3 Å². The third-order valence-corrected chi connectivity index (χ3v) is 18.1. The lowest BCUT2D eigenvalue weighted by Crippen LogP contribution is -2.19. The summed E-state index contributed by atoms with van der Waals surface area (Å²) >= 11 is 0. The molecule has 0 amide bonds. The van der Waals surface area contributed by atoms with E-state index in [9.17, 15) is 24.0 Å². The number of aliphatic hydroxyl groups excluding tert-OH is 3. The molecule has 3 atom stereocenters. The van der Waals surface area contributed by atoms with Crippen molar-refractivity contribution in [2.45, 2.75) is 492 Å². The number of unbranched alkanes of at least 4 members (excludes halogenated alkanes) is 52. The molecule has 103 heavy (non-hydrogen) atoms. The molecule has 0 aliphatic heterocycles. The van der Waals surface area contributed by atoms with Crippen LogP contribution in [0.1, 0.15) is 467 Å². The van der Waals surface area contributed by atoms with Crippen molar-refractivity contribution in [3.05, 3.63) is 36.5 Å². The highest BCUT2D eigenvalue weighted by molar-refractivity contribution is 5.74. The molecule has 0 rings (SSSR count). The first kappa shape index (κ1) is 108. The molecule has 0 aromatic heterocycles. The van der Waals surface area contributed by atoms with E-state index in [0.717, 1.165) is 70.6 Å². The van der Waals surface area contributed by atoms with E-state index >= 15 is 0 Å². The van der Waals surface area contributed by atoms with Gasteiger partial charge in [0, 0.05) is 12.8 Å². The lowest BCUT2D eigenvalue weighted by Gasteiger charge is -2.07. The summed E-state index contributed by atoms with van der Waals surface area (Å²) in [6.07, 6.45) is 88.0. The molecule has 0 heterocycles. The van der Waals surface area contributed by atoms with Crippen molar-refractivity contribution in [1.82, 2.24) is 0 Å². The molecule has 0 aromatic carbocycles. The Morgan fingerprint density at radius 1 is 0.262 bits per heavy atom. The van der Waals surface area contributed by atoms with Gasteiger partial charge in [0.05, 0.1) is 25.9 Å². The number of ether oxygens (including phenoxy) is 4. The maximum atomic E-state index is 11.4. The Morgan fingerprint density at radius 2 is 0.456 bits per heavy atom. The number of carboxylic acids is 1. The maximum absolute atomic E-state index is 11.4. The van der Waals surface area contributed by atoms with Crippen molar-refractivity contribution >= 4 is 29.8 Å². The summed E-state index contributed by atoms with van der Waals surface area (Å²) in [4.78, 5) is 54.6. The Hall–Kier alpha value is -3.55. The zero-order valence-corrected chi connectivity index (χ0v) is 69.7. The SMILES string of the molecule is CCCCC/C=C\C/C=C\CCCCCCCC(=O)OC(C)C.CCCCCCCC/C=C\CCCCCCCC(=O)O.CCCCCCCCCCCCCCCCOC(=O)C(C)O.CCCCCCCCCCCCCCOC(=O)C(C)O.CCCCCCCCCCCCOC(=O)C(C)O. The highest BCUT2D eigenvalue weighted by Crippen LogP contribution is 2.17. The Labute approximate surface area is 638 Å². The minimum atomic E-state index is -0.994. The van der Waals surface area contributed by atoms with E-state index < -0.39 is 42.2 Å². The number of allylic oxidation sites excluding steroid dienone is 6. The number of esters is 4. The second-order valence-electron chi connectivity index (χ2n) is 29.4. The normalized spacial score (nSPS) is 12.0. The average Bonchev–Trinajstić information content (AvgIpc) is 2.54. The summed E-state index contributed by atoms with van der Waals surface area (Å²) < 4.78 is 19.8. The van der Waals surface area contributed by atoms with E-state index in [1.165, 1.54) is 335 Å². The second-order valence-corrected chi connectivity index (χ2v) is 29.4. The van der Waals surface area contributed by atoms with Crippen molar-refractivity contribution in [1.29, 1.82) is 0 Å². The molecule has 13 heteroatoms. The summed E-state index contributed by atoms with van der Waals surface area (Å²) in [6, 6.07) is 0. The van der Waals surface area contributed by atoms with Gasteiger partial charge in [-0.05, 0) is 125 Å². The van der Waals surface area contributed by atoms with Gasteiger partial charge in [-0.1, -0.05) is 366 Å². The van der Waals surface area contributed by atoms with Crippen molar-refractivity contribution in [3.8, 4) is 0 Å². The number of carboxylic acid groups (broad SMARTS) is 1. The molecule has 0 aliphatic carbocycles. The Morgan fingerprint density at radius 3 is 0.689 bits per heavy atom. The molecule has 3 unspecified atom stereocenters. The molecule has 0 aromatic rings. The summed E-state index contributed by atoms with van der Waals surface area (Å²) in [5.41, 5.74) is 0. The first-order valence-electron chi connectivity index (χ1n) is 43.9. The van der Waals surface area contributed by atoms with Gasteiger partial charge in [-0.2, -0.15) is 0 Å². The topological polar surface area (TPSA) is 203 Å². The standard InChI is InChI=1S/C21H38O2.C19H38O3.C18H34O2.C17H34O3.C15H30O3/c1-4-5-6-7-8-9-10-11-12-13-14-15-16-17-18-19-21(22)23-20(2)3;1-3-4-5-6-7-8-9-10-11-12-13-14-15-16-17-22-19(21)18(2)20;1-2-3-4-5-6-7-8-9-10-11-12-13-14-15-16-17-18(19)20;1-3-4-5-6-7-8-9-10-11-12-13-14-15-20-17(19)16(2)18;1-3-4-5-6-7-8-9-10-11-12-13-18-15(17)14(2)16/h8-9,11-12,20H,4-7,10,13-19H2,1-3H3;18,20H,3-17H2,1-2H3;9-10H,2-8,11-17H2,1H3,(H,19,20);16,18H,3-15H2,1-2H3;14,16H,3-13H2,1-2H3/b9-8-,12-11-;;10-9-;;. The van der Waals surface area contributed by atoms with Gasteiger partial charge in [0.2, 0.25) is 0 Å². The van der Waals surface area contributed by atoms with Crippen LogP contribution in [0.15, 0.2) is 36.5 Å². The van der Waals surface area contributed by atoms with Crippen LogP contribution in [0.5, 0.6) is 0 Å². The molecule has 0 radical (unpaired) electrons. The predicted octanol–water partition coefficient (Wildman–Crippen LogP) is 26.7. The fourth-order valence-corrected chi connectivity index (χ4v) is 11.5. The van der Waals surface area contributed by atoms with Crippen LogP contribution in [0.3, 0.4) is 0 Å². The van der Waals surface area contributed by atoms with E-state index in [1.807, 2.05) is 13.8 Å². The van der Waals surface area contributed by atoms with Crippen LogP contribution in [0.2, 0.25) is 0 Å². The number of aliphatic hydroxyl groups is 3. The van der Waals surface area contributed by atoms with Gasteiger partial charge in [0.25, 0.3) is 0 Å². The van der Waals surface area contributed by atoms with Crippen molar-refractivity contribution < 1.29 is 63.3 Å². The fourth-order valence-electron chi connectivity index (χ4n) is 11.5.